The Morgan fingerprint density at radius 3 is 2.39 bits per heavy atom. The van der Waals surface area contributed by atoms with Gasteiger partial charge in [-0.05, 0) is 35.7 Å². The number of hydrogen-bond acceptors (Lipinski definition) is 1. The SMILES string of the molecule is CN=C(C)C(C)(C)c1c(C)ccc2ccccc12. The Balaban J connectivity index is 2.81. The van der Waals surface area contributed by atoms with Crippen molar-refractivity contribution in [1.29, 1.82) is 0 Å². The van der Waals surface area contributed by atoms with Crippen LogP contribution in [0.3, 0.4) is 0 Å². The average Bonchev–Trinajstić information content (AvgIpc) is 2.37. The van der Waals surface area contributed by atoms with E-state index in [1.165, 1.54) is 27.6 Å². The topological polar surface area (TPSA) is 12.4 Å². The number of fused-ring (bicyclic) bond motifs is 1. The second-order valence-electron chi connectivity index (χ2n) is 5.41. The largest absolute Gasteiger partial charge is 0.297 e. The maximum atomic E-state index is 4.40. The molecule has 0 aliphatic carbocycles. The molecule has 2 aromatic carbocycles. The zero-order valence-corrected chi connectivity index (χ0v) is 11.9. The fourth-order valence-corrected chi connectivity index (χ4v) is 2.67. The summed E-state index contributed by atoms with van der Waals surface area (Å²) in [5, 5.41) is 2.64. The molecule has 0 radical (unpaired) electrons. The van der Waals surface area contributed by atoms with Gasteiger partial charge in [-0.2, -0.15) is 0 Å². The van der Waals surface area contributed by atoms with Gasteiger partial charge >= 0.3 is 0 Å². The molecule has 0 spiro atoms. The molecule has 0 heterocycles. The lowest BCUT2D eigenvalue weighted by Crippen LogP contribution is -2.28. The van der Waals surface area contributed by atoms with Crippen molar-refractivity contribution in [3.05, 3.63) is 47.5 Å². The van der Waals surface area contributed by atoms with Gasteiger partial charge in [-0.15, -0.1) is 0 Å². The van der Waals surface area contributed by atoms with E-state index in [0.29, 0.717) is 0 Å². The van der Waals surface area contributed by atoms with Crippen molar-refractivity contribution in [2.45, 2.75) is 33.1 Å². The minimum atomic E-state index is -0.0281. The van der Waals surface area contributed by atoms with Crippen LogP contribution in [0.1, 0.15) is 31.9 Å². The van der Waals surface area contributed by atoms with Crippen molar-refractivity contribution in [2.75, 3.05) is 7.05 Å². The predicted octanol–water partition coefficient (Wildman–Crippen LogP) is 4.52. The Hall–Kier alpha value is -1.63. The predicted molar refractivity (Wildman–Crippen MR) is 80.7 cm³/mol. The highest BCUT2D eigenvalue weighted by Gasteiger charge is 2.27. The molecular weight excluding hydrogens is 218 g/mol. The third kappa shape index (κ3) is 1.94. The van der Waals surface area contributed by atoms with Crippen LogP contribution in [0.25, 0.3) is 10.8 Å². The van der Waals surface area contributed by atoms with Crippen LogP contribution in [0.5, 0.6) is 0 Å². The first-order valence-electron chi connectivity index (χ1n) is 6.41. The average molecular weight is 239 g/mol. The minimum Gasteiger partial charge on any atom is -0.297 e. The Labute approximate surface area is 110 Å². The number of nitrogens with zero attached hydrogens (tertiary/aromatic N) is 1. The number of aliphatic imine (C=N–C) groups is 1. The summed E-state index contributed by atoms with van der Waals surface area (Å²) in [7, 11) is 1.87. The van der Waals surface area contributed by atoms with Crippen LogP contribution in [-0.4, -0.2) is 12.8 Å². The number of benzene rings is 2. The van der Waals surface area contributed by atoms with Gasteiger partial charge < -0.3 is 0 Å². The molecule has 1 heteroatoms. The van der Waals surface area contributed by atoms with E-state index in [1.54, 1.807) is 0 Å². The van der Waals surface area contributed by atoms with Crippen LogP contribution in [0.4, 0.5) is 0 Å². The van der Waals surface area contributed by atoms with E-state index >= 15 is 0 Å². The summed E-state index contributed by atoms with van der Waals surface area (Å²) >= 11 is 0. The third-order valence-electron chi connectivity index (χ3n) is 4.00. The normalized spacial score (nSPS) is 13.1. The molecule has 0 amide bonds. The van der Waals surface area contributed by atoms with E-state index in [2.05, 4.69) is 69.1 Å². The van der Waals surface area contributed by atoms with Gasteiger partial charge in [0.1, 0.15) is 0 Å². The second kappa shape index (κ2) is 4.56. The number of hydrogen-bond donors (Lipinski definition) is 0. The van der Waals surface area contributed by atoms with Crippen LogP contribution in [0, 0.1) is 6.92 Å². The zero-order chi connectivity index (χ0) is 13.3. The van der Waals surface area contributed by atoms with Crippen molar-refractivity contribution < 1.29 is 0 Å². The maximum Gasteiger partial charge on any atom is 0.0281 e. The van der Waals surface area contributed by atoms with E-state index in [4.69, 9.17) is 0 Å². The smallest absolute Gasteiger partial charge is 0.0281 e. The summed E-state index contributed by atoms with van der Waals surface area (Å²) in [6.07, 6.45) is 0. The lowest BCUT2D eigenvalue weighted by Gasteiger charge is -2.28. The van der Waals surface area contributed by atoms with Crippen LogP contribution in [0.2, 0.25) is 0 Å². The summed E-state index contributed by atoms with van der Waals surface area (Å²) in [5.41, 5.74) is 3.87. The zero-order valence-electron chi connectivity index (χ0n) is 11.9. The Morgan fingerprint density at radius 1 is 1.06 bits per heavy atom. The summed E-state index contributed by atoms with van der Waals surface area (Å²) in [5.74, 6) is 0. The second-order valence-corrected chi connectivity index (χ2v) is 5.41. The van der Waals surface area contributed by atoms with Gasteiger partial charge in [0.05, 0.1) is 0 Å². The summed E-state index contributed by atoms with van der Waals surface area (Å²) in [6, 6.07) is 13.0. The molecule has 0 aliphatic heterocycles. The molecule has 1 nitrogen and oxygen atoms in total. The van der Waals surface area contributed by atoms with Crippen molar-refractivity contribution >= 4 is 16.5 Å². The van der Waals surface area contributed by atoms with E-state index < -0.39 is 0 Å². The summed E-state index contributed by atoms with van der Waals surface area (Å²) in [6.45, 7) is 8.81. The lowest BCUT2D eigenvalue weighted by atomic mass is 9.76. The standard InChI is InChI=1S/C17H21N/c1-12-10-11-14-8-6-7-9-15(14)16(12)17(3,4)13(2)18-5/h6-11H,1-5H3. The number of rotatable bonds is 2. The molecule has 0 atom stereocenters. The van der Waals surface area contributed by atoms with Crippen LogP contribution in [0.15, 0.2) is 41.4 Å². The van der Waals surface area contributed by atoms with E-state index in [0.717, 1.165) is 0 Å². The van der Waals surface area contributed by atoms with Crippen molar-refractivity contribution in [3.8, 4) is 0 Å². The van der Waals surface area contributed by atoms with E-state index in [9.17, 15) is 0 Å². The maximum absolute atomic E-state index is 4.40. The Morgan fingerprint density at radius 2 is 1.72 bits per heavy atom. The fourth-order valence-electron chi connectivity index (χ4n) is 2.67. The molecule has 0 N–H and O–H groups in total. The van der Waals surface area contributed by atoms with Gasteiger partial charge in [0.25, 0.3) is 0 Å². The molecule has 18 heavy (non-hydrogen) atoms. The van der Waals surface area contributed by atoms with Crippen molar-refractivity contribution in [2.24, 2.45) is 4.99 Å². The van der Waals surface area contributed by atoms with E-state index in [1.807, 2.05) is 7.05 Å². The van der Waals surface area contributed by atoms with E-state index in [-0.39, 0.29) is 5.41 Å². The molecule has 0 bridgehead atoms. The first-order chi connectivity index (χ1) is 8.48. The third-order valence-corrected chi connectivity index (χ3v) is 4.00. The summed E-state index contributed by atoms with van der Waals surface area (Å²) in [4.78, 5) is 4.40. The first kappa shape index (κ1) is 12.8. The van der Waals surface area contributed by atoms with Gasteiger partial charge in [0, 0.05) is 18.2 Å². The quantitative estimate of drug-likeness (QED) is 0.683. The minimum absolute atomic E-state index is 0.0281. The molecule has 0 saturated carbocycles. The molecule has 94 valence electrons. The van der Waals surface area contributed by atoms with Gasteiger partial charge in [0.15, 0.2) is 0 Å². The van der Waals surface area contributed by atoms with Gasteiger partial charge in [-0.3, -0.25) is 4.99 Å². The molecule has 0 saturated heterocycles. The van der Waals surface area contributed by atoms with Crippen molar-refractivity contribution in [1.82, 2.24) is 0 Å². The Bertz CT molecular complexity index is 606. The fraction of sp³-hybridized carbons (Fsp3) is 0.353. The lowest BCUT2D eigenvalue weighted by molar-refractivity contribution is 0.713. The van der Waals surface area contributed by atoms with Crippen LogP contribution in [-0.2, 0) is 5.41 Å². The molecule has 0 aliphatic rings. The highest BCUT2D eigenvalue weighted by molar-refractivity contribution is 5.98. The van der Waals surface area contributed by atoms with Crippen LogP contribution >= 0.6 is 0 Å². The van der Waals surface area contributed by atoms with Gasteiger partial charge in [-0.25, -0.2) is 0 Å². The van der Waals surface area contributed by atoms with Crippen molar-refractivity contribution in [3.63, 3.8) is 0 Å². The molecule has 0 aromatic heterocycles. The van der Waals surface area contributed by atoms with Gasteiger partial charge in [0.2, 0.25) is 0 Å². The number of aryl methyl sites for hydroxylation is 1. The monoisotopic (exact) mass is 239 g/mol. The molecule has 2 aromatic rings. The molecule has 0 unspecified atom stereocenters. The first-order valence-corrected chi connectivity index (χ1v) is 6.41. The molecular formula is C17H21N. The molecule has 0 fully saturated rings. The van der Waals surface area contributed by atoms with Gasteiger partial charge in [-0.1, -0.05) is 50.2 Å². The van der Waals surface area contributed by atoms with Crippen LogP contribution < -0.4 is 0 Å². The highest BCUT2D eigenvalue weighted by atomic mass is 14.7. The Kier molecular flexibility index (Phi) is 3.25. The highest BCUT2D eigenvalue weighted by Crippen LogP contribution is 2.34. The molecule has 2 rings (SSSR count). The summed E-state index contributed by atoms with van der Waals surface area (Å²) < 4.78 is 0.